The molecule has 15 heavy (non-hydrogen) atoms. The van der Waals surface area contributed by atoms with Gasteiger partial charge in [-0.05, 0) is 25.2 Å². The first-order valence-corrected chi connectivity index (χ1v) is 6.87. The van der Waals surface area contributed by atoms with E-state index in [0.717, 1.165) is 18.0 Å². The highest BCUT2D eigenvalue weighted by Gasteiger charge is 2.27. The molecule has 2 N–H and O–H groups in total. The number of nitrogens with one attached hydrogen (secondary N) is 2. The van der Waals surface area contributed by atoms with Crippen LogP contribution in [0.5, 0.6) is 0 Å². The molecule has 0 bridgehead atoms. The topological polar surface area (TPSA) is 24.1 Å². The smallest absolute Gasteiger partial charge is 0.0221 e. The predicted molar refractivity (Wildman–Crippen MR) is 65.1 cm³/mol. The van der Waals surface area contributed by atoms with Crippen LogP contribution in [0.1, 0.15) is 51.9 Å². The van der Waals surface area contributed by atoms with Crippen LogP contribution in [0.4, 0.5) is 0 Å². The third-order valence-corrected chi connectivity index (χ3v) is 4.11. The quantitative estimate of drug-likeness (QED) is 0.747. The Morgan fingerprint density at radius 1 is 1.00 bits per heavy atom. The second-order valence-electron chi connectivity index (χ2n) is 5.31. The van der Waals surface area contributed by atoms with Crippen LogP contribution < -0.4 is 10.6 Å². The van der Waals surface area contributed by atoms with Gasteiger partial charge in [0.25, 0.3) is 0 Å². The molecule has 1 aliphatic heterocycles. The van der Waals surface area contributed by atoms with Gasteiger partial charge >= 0.3 is 0 Å². The zero-order chi connectivity index (χ0) is 10.5. The summed E-state index contributed by atoms with van der Waals surface area (Å²) >= 11 is 0. The molecule has 1 aliphatic carbocycles. The van der Waals surface area contributed by atoms with Crippen molar-refractivity contribution in [2.45, 2.75) is 64.0 Å². The fraction of sp³-hybridized carbons (Fsp3) is 1.00. The van der Waals surface area contributed by atoms with Gasteiger partial charge in [0.2, 0.25) is 0 Å². The first kappa shape index (κ1) is 11.4. The summed E-state index contributed by atoms with van der Waals surface area (Å²) < 4.78 is 0. The van der Waals surface area contributed by atoms with Crippen molar-refractivity contribution >= 4 is 0 Å². The van der Waals surface area contributed by atoms with Gasteiger partial charge in [0.15, 0.2) is 0 Å². The average Bonchev–Trinajstić information content (AvgIpc) is 2.32. The SMILES string of the molecule is CCCC1CNC(C2CCCCC2)CN1. The largest absolute Gasteiger partial charge is 0.311 e. The zero-order valence-electron chi connectivity index (χ0n) is 10.1. The lowest BCUT2D eigenvalue weighted by Gasteiger charge is -2.37. The molecule has 88 valence electrons. The van der Waals surface area contributed by atoms with E-state index in [1.54, 1.807) is 0 Å². The molecule has 0 aromatic rings. The van der Waals surface area contributed by atoms with Crippen LogP contribution in [0.25, 0.3) is 0 Å². The highest BCUT2D eigenvalue weighted by molar-refractivity contribution is 4.88. The van der Waals surface area contributed by atoms with E-state index in [1.165, 1.54) is 58.0 Å². The molecular formula is C13H26N2. The highest BCUT2D eigenvalue weighted by Crippen LogP contribution is 2.27. The molecule has 1 saturated heterocycles. The van der Waals surface area contributed by atoms with Crippen LogP contribution in [0.15, 0.2) is 0 Å². The van der Waals surface area contributed by atoms with Gasteiger partial charge in [-0.25, -0.2) is 0 Å². The summed E-state index contributed by atoms with van der Waals surface area (Å²) in [5.74, 6) is 0.953. The average molecular weight is 210 g/mol. The fourth-order valence-electron chi connectivity index (χ4n) is 3.15. The van der Waals surface area contributed by atoms with E-state index in [2.05, 4.69) is 17.6 Å². The lowest BCUT2D eigenvalue weighted by molar-refractivity contribution is 0.220. The van der Waals surface area contributed by atoms with Crippen molar-refractivity contribution in [1.82, 2.24) is 10.6 Å². The number of hydrogen-bond acceptors (Lipinski definition) is 2. The third kappa shape index (κ3) is 3.18. The molecule has 0 amide bonds. The van der Waals surface area contributed by atoms with E-state index in [9.17, 15) is 0 Å². The number of piperazine rings is 1. The normalized spacial score (nSPS) is 34.2. The molecule has 2 atom stereocenters. The number of rotatable bonds is 3. The standard InChI is InChI=1S/C13H26N2/c1-2-6-12-9-15-13(10-14-12)11-7-4-3-5-8-11/h11-15H,2-10H2,1H3. The maximum absolute atomic E-state index is 3.76. The second-order valence-corrected chi connectivity index (χ2v) is 5.31. The van der Waals surface area contributed by atoms with E-state index in [-0.39, 0.29) is 0 Å². The van der Waals surface area contributed by atoms with Crippen molar-refractivity contribution in [3.8, 4) is 0 Å². The van der Waals surface area contributed by atoms with Crippen LogP contribution in [-0.4, -0.2) is 25.2 Å². The minimum atomic E-state index is 0.731. The summed E-state index contributed by atoms with van der Waals surface area (Å²) in [5, 5.41) is 7.47. The molecule has 2 fully saturated rings. The first-order valence-electron chi connectivity index (χ1n) is 6.87. The van der Waals surface area contributed by atoms with Gasteiger partial charge in [0.05, 0.1) is 0 Å². The molecule has 0 spiro atoms. The molecule has 0 aromatic carbocycles. The van der Waals surface area contributed by atoms with Crippen molar-refractivity contribution in [2.75, 3.05) is 13.1 Å². The summed E-state index contributed by atoms with van der Waals surface area (Å²) in [6.07, 6.45) is 9.92. The van der Waals surface area contributed by atoms with E-state index in [0.29, 0.717) is 0 Å². The Morgan fingerprint density at radius 2 is 1.80 bits per heavy atom. The summed E-state index contributed by atoms with van der Waals surface area (Å²) in [4.78, 5) is 0. The van der Waals surface area contributed by atoms with Gasteiger partial charge in [-0.15, -0.1) is 0 Å². The molecular weight excluding hydrogens is 184 g/mol. The van der Waals surface area contributed by atoms with Gasteiger partial charge in [0, 0.05) is 25.2 Å². The molecule has 0 aromatic heterocycles. The first-order chi connectivity index (χ1) is 7.40. The predicted octanol–water partition coefficient (Wildman–Crippen LogP) is 2.30. The monoisotopic (exact) mass is 210 g/mol. The van der Waals surface area contributed by atoms with Gasteiger partial charge < -0.3 is 10.6 Å². The van der Waals surface area contributed by atoms with Crippen molar-refractivity contribution in [3.63, 3.8) is 0 Å². The van der Waals surface area contributed by atoms with Gasteiger partial charge in [0.1, 0.15) is 0 Å². The van der Waals surface area contributed by atoms with Gasteiger partial charge in [-0.2, -0.15) is 0 Å². The van der Waals surface area contributed by atoms with Crippen molar-refractivity contribution in [3.05, 3.63) is 0 Å². The molecule has 2 heteroatoms. The van der Waals surface area contributed by atoms with Crippen LogP contribution in [0, 0.1) is 5.92 Å². The summed E-state index contributed by atoms with van der Waals surface area (Å²) in [7, 11) is 0. The van der Waals surface area contributed by atoms with Crippen molar-refractivity contribution < 1.29 is 0 Å². The minimum absolute atomic E-state index is 0.731. The van der Waals surface area contributed by atoms with Crippen molar-refractivity contribution in [2.24, 2.45) is 5.92 Å². The van der Waals surface area contributed by atoms with Crippen LogP contribution in [0.2, 0.25) is 0 Å². The summed E-state index contributed by atoms with van der Waals surface area (Å²) in [6, 6.07) is 1.49. The fourth-order valence-corrected chi connectivity index (χ4v) is 3.15. The molecule has 1 heterocycles. The Labute approximate surface area is 94.2 Å². The van der Waals surface area contributed by atoms with E-state index < -0.39 is 0 Å². The van der Waals surface area contributed by atoms with Crippen LogP contribution in [0.3, 0.4) is 0 Å². The van der Waals surface area contributed by atoms with Crippen molar-refractivity contribution in [1.29, 1.82) is 0 Å². The molecule has 0 radical (unpaired) electrons. The Hall–Kier alpha value is -0.0800. The Kier molecular flexibility index (Phi) is 4.45. The van der Waals surface area contributed by atoms with Crippen LogP contribution >= 0.6 is 0 Å². The lowest BCUT2D eigenvalue weighted by atomic mass is 9.83. The van der Waals surface area contributed by atoms with Gasteiger partial charge in [-0.3, -0.25) is 0 Å². The summed E-state index contributed by atoms with van der Waals surface area (Å²) in [5.41, 5.74) is 0. The minimum Gasteiger partial charge on any atom is -0.311 e. The van der Waals surface area contributed by atoms with Crippen LogP contribution in [-0.2, 0) is 0 Å². The van der Waals surface area contributed by atoms with E-state index >= 15 is 0 Å². The Morgan fingerprint density at radius 3 is 2.40 bits per heavy atom. The highest BCUT2D eigenvalue weighted by atomic mass is 15.1. The molecule has 2 rings (SSSR count). The third-order valence-electron chi connectivity index (χ3n) is 4.11. The number of hydrogen-bond donors (Lipinski definition) is 2. The van der Waals surface area contributed by atoms with Gasteiger partial charge in [-0.1, -0.05) is 32.6 Å². The zero-order valence-corrected chi connectivity index (χ0v) is 10.1. The Balaban J connectivity index is 1.72. The Bertz CT molecular complexity index is 167. The maximum atomic E-state index is 3.76. The lowest BCUT2D eigenvalue weighted by Crippen LogP contribution is -2.57. The van der Waals surface area contributed by atoms with E-state index in [1.807, 2.05) is 0 Å². The molecule has 2 unspecified atom stereocenters. The molecule has 1 saturated carbocycles. The van der Waals surface area contributed by atoms with E-state index in [4.69, 9.17) is 0 Å². The molecule has 2 aliphatic rings. The summed E-state index contributed by atoms with van der Waals surface area (Å²) in [6.45, 7) is 4.67. The second kappa shape index (κ2) is 5.86. The molecule has 2 nitrogen and oxygen atoms in total. The maximum Gasteiger partial charge on any atom is 0.0221 e.